The first-order chi connectivity index (χ1) is 12.0. The molecule has 2 aromatic carbocycles. The van der Waals surface area contributed by atoms with E-state index < -0.39 is 5.82 Å². The Morgan fingerprint density at radius 1 is 1.04 bits per heavy atom. The highest BCUT2D eigenvalue weighted by Gasteiger charge is 2.18. The summed E-state index contributed by atoms with van der Waals surface area (Å²) in [5, 5.41) is 18.5. The summed E-state index contributed by atoms with van der Waals surface area (Å²) < 4.78 is 14.3. The molecular formula is C19H10ClFN4. The van der Waals surface area contributed by atoms with Crippen LogP contribution in [0.2, 0.25) is 5.02 Å². The maximum atomic E-state index is 14.3. The molecule has 1 heterocycles. The molecule has 0 aliphatic rings. The Bertz CT molecular complexity index is 1030. The van der Waals surface area contributed by atoms with Crippen molar-refractivity contribution in [1.82, 2.24) is 4.98 Å². The fraction of sp³-hybridized carbons (Fsp3) is 0. The number of anilines is 1. The van der Waals surface area contributed by atoms with E-state index in [0.717, 1.165) is 0 Å². The van der Waals surface area contributed by atoms with Gasteiger partial charge < -0.3 is 5.73 Å². The first-order valence-corrected chi connectivity index (χ1v) is 7.58. The van der Waals surface area contributed by atoms with Crippen LogP contribution < -0.4 is 5.73 Å². The Hall–Kier alpha value is -3.41. The van der Waals surface area contributed by atoms with E-state index in [1.54, 1.807) is 36.4 Å². The second-order valence-electron chi connectivity index (χ2n) is 5.21. The van der Waals surface area contributed by atoms with E-state index in [-0.39, 0.29) is 27.5 Å². The molecule has 3 aromatic rings. The number of aromatic nitrogens is 1. The van der Waals surface area contributed by atoms with Crippen molar-refractivity contribution >= 4 is 17.4 Å². The van der Waals surface area contributed by atoms with Crippen molar-refractivity contribution < 1.29 is 4.39 Å². The van der Waals surface area contributed by atoms with Crippen LogP contribution in [0.25, 0.3) is 22.4 Å². The summed E-state index contributed by atoms with van der Waals surface area (Å²) in [4.78, 5) is 4.22. The van der Waals surface area contributed by atoms with Gasteiger partial charge >= 0.3 is 0 Å². The lowest BCUT2D eigenvalue weighted by Gasteiger charge is -2.12. The number of rotatable bonds is 2. The monoisotopic (exact) mass is 348 g/mol. The van der Waals surface area contributed by atoms with E-state index in [0.29, 0.717) is 16.8 Å². The second kappa shape index (κ2) is 6.60. The molecule has 0 spiro atoms. The van der Waals surface area contributed by atoms with Gasteiger partial charge in [-0.1, -0.05) is 29.8 Å². The largest absolute Gasteiger partial charge is 0.383 e. The third-order valence-corrected chi connectivity index (χ3v) is 4.02. The molecule has 2 N–H and O–H groups in total. The quantitative estimate of drug-likeness (QED) is 0.736. The number of benzene rings is 2. The van der Waals surface area contributed by atoms with Crippen LogP contribution >= 0.6 is 11.6 Å². The Morgan fingerprint density at radius 2 is 1.76 bits per heavy atom. The zero-order valence-electron chi connectivity index (χ0n) is 12.8. The summed E-state index contributed by atoms with van der Waals surface area (Å²) >= 11 is 6.14. The average Bonchev–Trinajstić information content (AvgIpc) is 2.61. The number of nitrogens with zero attached hydrogens (tertiary/aromatic N) is 3. The maximum absolute atomic E-state index is 14.3. The van der Waals surface area contributed by atoms with Gasteiger partial charge in [0, 0.05) is 16.7 Å². The van der Waals surface area contributed by atoms with Gasteiger partial charge in [0.2, 0.25) is 0 Å². The van der Waals surface area contributed by atoms with Gasteiger partial charge in [0.25, 0.3) is 0 Å². The maximum Gasteiger partial charge on any atom is 0.142 e. The molecule has 25 heavy (non-hydrogen) atoms. The molecule has 0 bridgehead atoms. The molecule has 0 radical (unpaired) electrons. The number of nitriles is 2. The number of pyridine rings is 1. The van der Waals surface area contributed by atoms with E-state index >= 15 is 0 Å². The number of nitrogens with two attached hydrogens (primary N) is 1. The molecule has 0 aliphatic carbocycles. The summed E-state index contributed by atoms with van der Waals surface area (Å²) in [6.07, 6.45) is 0. The van der Waals surface area contributed by atoms with Crippen molar-refractivity contribution in [3.63, 3.8) is 0 Å². The van der Waals surface area contributed by atoms with Crippen molar-refractivity contribution in [2.45, 2.75) is 0 Å². The summed E-state index contributed by atoms with van der Waals surface area (Å²) in [6.45, 7) is 0. The zero-order valence-corrected chi connectivity index (χ0v) is 13.5. The molecule has 0 aliphatic heterocycles. The third-order valence-electron chi connectivity index (χ3n) is 3.70. The van der Waals surface area contributed by atoms with Gasteiger partial charge in [0.15, 0.2) is 0 Å². The molecule has 120 valence electrons. The molecule has 4 nitrogen and oxygen atoms in total. The standard InChI is InChI=1S/C19H10ClFN4/c20-15-2-1-3-16(21)18(15)13-8-17(25-19(24)14(13)10-23)12-6-4-11(9-22)5-7-12/h1-8H,(H2,24,25). The SMILES string of the molecule is N#Cc1ccc(-c2cc(-c3c(F)cccc3Cl)c(C#N)c(N)n2)cc1. The number of halogens is 2. The average molecular weight is 349 g/mol. The normalized spacial score (nSPS) is 10.1. The predicted octanol–water partition coefficient (Wildman–Crippen LogP) is 4.53. The number of hydrogen-bond donors (Lipinski definition) is 1. The van der Waals surface area contributed by atoms with Crippen molar-refractivity contribution in [2.24, 2.45) is 0 Å². The predicted molar refractivity (Wildman–Crippen MR) is 93.9 cm³/mol. The van der Waals surface area contributed by atoms with Crippen LogP contribution in [-0.4, -0.2) is 4.98 Å². The molecule has 0 saturated carbocycles. The van der Waals surface area contributed by atoms with Gasteiger partial charge in [-0.05, 0) is 30.3 Å². The lowest BCUT2D eigenvalue weighted by molar-refractivity contribution is 0.631. The number of nitrogen functional groups attached to an aromatic ring is 1. The molecular weight excluding hydrogens is 339 g/mol. The Labute approximate surface area is 148 Å². The highest BCUT2D eigenvalue weighted by Crippen LogP contribution is 2.36. The fourth-order valence-corrected chi connectivity index (χ4v) is 2.76. The second-order valence-corrected chi connectivity index (χ2v) is 5.62. The first-order valence-electron chi connectivity index (χ1n) is 7.20. The molecule has 0 fully saturated rings. The fourth-order valence-electron chi connectivity index (χ4n) is 2.50. The Kier molecular flexibility index (Phi) is 4.35. The van der Waals surface area contributed by atoms with Gasteiger partial charge in [0.1, 0.15) is 23.3 Å². The third kappa shape index (κ3) is 3.01. The van der Waals surface area contributed by atoms with E-state index in [4.69, 9.17) is 22.6 Å². The van der Waals surface area contributed by atoms with Gasteiger partial charge in [-0.3, -0.25) is 0 Å². The smallest absolute Gasteiger partial charge is 0.142 e. The molecule has 3 rings (SSSR count). The van der Waals surface area contributed by atoms with E-state index in [1.807, 2.05) is 12.1 Å². The summed E-state index contributed by atoms with van der Waals surface area (Å²) in [5.41, 5.74) is 7.99. The van der Waals surface area contributed by atoms with E-state index in [1.165, 1.54) is 12.1 Å². The summed E-state index contributed by atoms with van der Waals surface area (Å²) in [7, 11) is 0. The van der Waals surface area contributed by atoms with Crippen LogP contribution in [-0.2, 0) is 0 Å². The van der Waals surface area contributed by atoms with Crippen LogP contribution in [0.1, 0.15) is 11.1 Å². The minimum atomic E-state index is -0.555. The minimum Gasteiger partial charge on any atom is -0.383 e. The lowest BCUT2D eigenvalue weighted by atomic mass is 9.97. The van der Waals surface area contributed by atoms with Crippen LogP contribution in [0.5, 0.6) is 0 Å². The Morgan fingerprint density at radius 3 is 2.36 bits per heavy atom. The van der Waals surface area contributed by atoms with Crippen molar-refractivity contribution in [2.75, 3.05) is 5.73 Å². The van der Waals surface area contributed by atoms with Crippen LogP contribution in [0.3, 0.4) is 0 Å². The molecule has 6 heteroatoms. The van der Waals surface area contributed by atoms with Crippen LogP contribution in [0.15, 0.2) is 48.5 Å². The summed E-state index contributed by atoms with van der Waals surface area (Å²) in [6, 6.07) is 16.5. The highest BCUT2D eigenvalue weighted by atomic mass is 35.5. The molecule has 0 saturated heterocycles. The van der Waals surface area contributed by atoms with Gasteiger partial charge in [-0.25, -0.2) is 9.37 Å². The van der Waals surface area contributed by atoms with Gasteiger partial charge in [-0.15, -0.1) is 0 Å². The van der Waals surface area contributed by atoms with Crippen LogP contribution in [0, 0.1) is 28.5 Å². The molecule has 0 unspecified atom stereocenters. The van der Waals surface area contributed by atoms with Crippen molar-refractivity contribution in [3.8, 4) is 34.5 Å². The molecule has 0 atom stereocenters. The van der Waals surface area contributed by atoms with Gasteiger partial charge in [0.05, 0.1) is 22.3 Å². The lowest BCUT2D eigenvalue weighted by Crippen LogP contribution is -2.01. The number of hydrogen-bond acceptors (Lipinski definition) is 4. The van der Waals surface area contributed by atoms with Crippen molar-refractivity contribution in [1.29, 1.82) is 10.5 Å². The van der Waals surface area contributed by atoms with Crippen LogP contribution in [0.4, 0.5) is 10.2 Å². The molecule has 1 aromatic heterocycles. The highest BCUT2D eigenvalue weighted by molar-refractivity contribution is 6.33. The molecule has 0 amide bonds. The zero-order chi connectivity index (χ0) is 18.0. The van der Waals surface area contributed by atoms with E-state index in [2.05, 4.69) is 4.98 Å². The first kappa shape index (κ1) is 16.4. The van der Waals surface area contributed by atoms with Gasteiger partial charge in [-0.2, -0.15) is 10.5 Å². The van der Waals surface area contributed by atoms with Crippen molar-refractivity contribution in [3.05, 3.63) is 70.5 Å². The minimum absolute atomic E-state index is 0.0151. The topological polar surface area (TPSA) is 86.5 Å². The van der Waals surface area contributed by atoms with E-state index in [9.17, 15) is 9.65 Å². The summed E-state index contributed by atoms with van der Waals surface area (Å²) in [5.74, 6) is -0.570. The Balaban J connectivity index is 2.27.